The predicted molar refractivity (Wildman–Crippen MR) is 61.9 cm³/mol. The Kier molecular flexibility index (Phi) is 2.97. The van der Waals surface area contributed by atoms with Gasteiger partial charge in [0.25, 0.3) is 0 Å². The molecule has 1 unspecified atom stereocenters. The van der Waals surface area contributed by atoms with Gasteiger partial charge in [-0.3, -0.25) is 4.79 Å². The lowest BCUT2D eigenvalue weighted by Gasteiger charge is -2.29. The summed E-state index contributed by atoms with van der Waals surface area (Å²) in [6, 6.07) is 10.3. The van der Waals surface area contributed by atoms with Gasteiger partial charge >= 0.3 is 0 Å². The van der Waals surface area contributed by atoms with Crippen molar-refractivity contribution in [3.63, 3.8) is 0 Å². The summed E-state index contributed by atoms with van der Waals surface area (Å²) in [5.74, 6) is 0. The Bertz CT molecular complexity index is 361. The normalized spacial score (nSPS) is 23.4. The first-order valence-corrected chi connectivity index (χ1v) is 5.55. The molecule has 1 amide bonds. The molecule has 0 saturated carbocycles. The maximum Gasteiger partial charge on any atom is 0.212 e. The predicted octanol–water partition coefficient (Wildman–Crippen LogP) is 1.82. The van der Waals surface area contributed by atoms with Crippen molar-refractivity contribution in [2.75, 3.05) is 6.61 Å². The summed E-state index contributed by atoms with van der Waals surface area (Å²) >= 11 is 0. The van der Waals surface area contributed by atoms with Gasteiger partial charge in [-0.15, -0.1) is 0 Å². The second-order valence-electron chi connectivity index (χ2n) is 4.61. The third-order valence-corrected chi connectivity index (χ3v) is 3.07. The quantitative estimate of drug-likeness (QED) is 0.726. The van der Waals surface area contributed by atoms with Gasteiger partial charge in [0.1, 0.15) is 5.72 Å². The van der Waals surface area contributed by atoms with E-state index in [1.54, 1.807) is 4.90 Å². The van der Waals surface area contributed by atoms with Crippen LogP contribution < -0.4 is 0 Å². The first-order chi connectivity index (χ1) is 7.63. The highest BCUT2D eigenvalue weighted by Gasteiger charge is 2.39. The summed E-state index contributed by atoms with van der Waals surface area (Å²) in [7, 11) is 0. The van der Waals surface area contributed by atoms with Crippen LogP contribution in [0.25, 0.3) is 0 Å². The van der Waals surface area contributed by atoms with E-state index < -0.39 is 5.72 Å². The highest BCUT2D eigenvalue weighted by molar-refractivity contribution is 5.50. The Morgan fingerprint density at radius 1 is 1.44 bits per heavy atom. The number of hydrogen-bond acceptors (Lipinski definition) is 2. The molecule has 0 aliphatic carbocycles. The zero-order chi connectivity index (χ0) is 11.6. The minimum absolute atomic E-state index is 0.148. The minimum Gasteiger partial charge on any atom is -0.354 e. The number of carbonyl (C=O) groups is 1. The van der Waals surface area contributed by atoms with E-state index in [0.717, 1.165) is 12.8 Å². The van der Waals surface area contributed by atoms with E-state index in [2.05, 4.69) is 12.1 Å². The second-order valence-corrected chi connectivity index (χ2v) is 4.61. The van der Waals surface area contributed by atoms with Crippen molar-refractivity contribution in [1.29, 1.82) is 0 Å². The molecule has 0 N–H and O–H groups in total. The Labute approximate surface area is 96.0 Å². The monoisotopic (exact) mass is 219 g/mol. The Morgan fingerprint density at radius 2 is 2.12 bits per heavy atom. The smallest absolute Gasteiger partial charge is 0.212 e. The number of nitrogens with zero attached hydrogens (tertiary/aromatic N) is 1. The van der Waals surface area contributed by atoms with Crippen molar-refractivity contribution in [3.8, 4) is 0 Å². The molecular formula is C13H17NO2. The van der Waals surface area contributed by atoms with Crippen molar-refractivity contribution in [1.82, 2.24) is 4.90 Å². The van der Waals surface area contributed by atoms with E-state index in [4.69, 9.17) is 4.74 Å². The molecule has 0 bridgehead atoms. The summed E-state index contributed by atoms with van der Waals surface area (Å²) in [5, 5.41) is 0. The van der Waals surface area contributed by atoms with Crippen LogP contribution in [0.2, 0.25) is 0 Å². The highest BCUT2D eigenvalue weighted by Crippen LogP contribution is 2.27. The van der Waals surface area contributed by atoms with Crippen LogP contribution in [0.5, 0.6) is 0 Å². The summed E-state index contributed by atoms with van der Waals surface area (Å²) in [4.78, 5) is 12.8. The molecule has 1 fully saturated rings. The first kappa shape index (κ1) is 11.1. The fraction of sp³-hybridized carbons (Fsp3) is 0.462. The van der Waals surface area contributed by atoms with Gasteiger partial charge < -0.3 is 9.64 Å². The Balaban J connectivity index is 2.09. The van der Waals surface area contributed by atoms with Gasteiger partial charge in [0.2, 0.25) is 6.41 Å². The van der Waals surface area contributed by atoms with Crippen LogP contribution in [0.4, 0.5) is 0 Å². The van der Waals surface area contributed by atoms with Crippen LogP contribution in [0.15, 0.2) is 30.3 Å². The first-order valence-electron chi connectivity index (χ1n) is 5.55. The summed E-state index contributed by atoms with van der Waals surface area (Å²) in [5.41, 5.74) is 0.766. The molecule has 1 aromatic rings. The number of rotatable bonds is 3. The Morgan fingerprint density at radius 3 is 2.75 bits per heavy atom. The van der Waals surface area contributed by atoms with Crippen LogP contribution in [0, 0.1) is 0 Å². The topological polar surface area (TPSA) is 29.5 Å². The fourth-order valence-electron chi connectivity index (χ4n) is 2.15. The van der Waals surface area contributed by atoms with E-state index in [9.17, 15) is 4.79 Å². The van der Waals surface area contributed by atoms with Crippen molar-refractivity contribution in [2.24, 2.45) is 0 Å². The van der Waals surface area contributed by atoms with Crippen molar-refractivity contribution < 1.29 is 9.53 Å². The van der Waals surface area contributed by atoms with Crippen molar-refractivity contribution in [3.05, 3.63) is 35.9 Å². The second kappa shape index (κ2) is 4.26. The van der Waals surface area contributed by atoms with Gasteiger partial charge in [-0.25, -0.2) is 0 Å². The molecule has 1 aromatic carbocycles. The molecule has 0 spiro atoms. The largest absolute Gasteiger partial charge is 0.354 e. The van der Waals surface area contributed by atoms with E-state index in [-0.39, 0.29) is 6.04 Å². The van der Waals surface area contributed by atoms with Crippen LogP contribution in [0.3, 0.4) is 0 Å². The molecule has 1 aliphatic rings. The number of hydrogen-bond donors (Lipinski definition) is 0. The van der Waals surface area contributed by atoms with Crippen LogP contribution in [-0.4, -0.2) is 29.7 Å². The lowest BCUT2D eigenvalue weighted by molar-refractivity contribution is -0.132. The number of amides is 1. The molecule has 1 aliphatic heterocycles. The van der Waals surface area contributed by atoms with Crippen molar-refractivity contribution >= 4 is 6.41 Å². The van der Waals surface area contributed by atoms with Crippen LogP contribution >= 0.6 is 0 Å². The van der Waals surface area contributed by atoms with E-state index in [0.29, 0.717) is 6.61 Å². The van der Waals surface area contributed by atoms with Crippen molar-refractivity contribution in [2.45, 2.75) is 32.0 Å². The summed E-state index contributed by atoms with van der Waals surface area (Å²) < 4.78 is 5.62. The van der Waals surface area contributed by atoms with Crippen LogP contribution in [0.1, 0.15) is 19.4 Å². The summed E-state index contributed by atoms with van der Waals surface area (Å²) in [6.45, 7) is 4.46. The van der Waals surface area contributed by atoms with Gasteiger partial charge in [-0.2, -0.15) is 0 Å². The maximum atomic E-state index is 11.1. The molecule has 16 heavy (non-hydrogen) atoms. The molecule has 1 heterocycles. The van der Waals surface area contributed by atoms with Gasteiger partial charge in [-0.05, 0) is 25.8 Å². The zero-order valence-electron chi connectivity index (χ0n) is 9.72. The molecule has 2 rings (SSSR count). The number of ether oxygens (including phenoxy) is 1. The fourth-order valence-corrected chi connectivity index (χ4v) is 2.15. The van der Waals surface area contributed by atoms with Gasteiger partial charge in [0.05, 0.1) is 12.6 Å². The van der Waals surface area contributed by atoms with Crippen LogP contribution in [-0.2, 0) is 16.0 Å². The molecule has 0 radical (unpaired) electrons. The number of carbonyl (C=O) groups excluding carboxylic acids is 1. The van der Waals surface area contributed by atoms with E-state index in [1.165, 1.54) is 5.56 Å². The highest BCUT2D eigenvalue weighted by atomic mass is 16.5. The van der Waals surface area contributed by atoms with Gasteiger partial charge in [0, 0.05) is 0 Å². The zero-order valence-corrected chi connectivity index (χ0v) is 9.72. The number of benzene rings is 1. The molecule has 1 atom stereocenters. The minimum atomic E-state index is -0.471. The molecule has 0 aromatic heterocycles. The lowest BCUT2D eigenvalue weighted by atomic mass is 10.1. The Hall–Kier alpha value is -1.35. The third kappa shape index (κ3) is 2.09. The summed E-state index contributed by atoms with van der Waals surface area (Å²) in [6.07, 6.45) is 1.74. The average Bonchev–Trinajstić information content (AvgIpc) is 2.55. The molecular weight excluding hydrogens is 202 g/mol. The molecule has 3 nitrogen and oxygen atoms in total. The van der Waals surface area contributed by atoms with E-state index >= 15 is 0 Å². The standard InChI is InChI=1S/C13H17NO2/c1-13(2)14(10-15)12(9-16-13)8-11-6-4-3-5-7-11/h3-7,10,12H,8-9H2,1-2H3. The molecule has 3 heteroatoms. The maximum absolute atomic E-state index is 11.1. The molecule has 1 saturated heterocycles. The van der Waals surface area contributed by atoms with Gasteiger partial charge in [-0.1, -0.05) is 30.3 Å². The van der Waals surface area contributed by atoms with E-state index in [1.807, 2.05) is 32.0 Å². The van der Waals surface area contributed by atoms with Gasteiger partial charge in [0.15, 0.2) is 0 Å². The molecule has 86 valence electrons. The average molecular weight is 219 g/mol. The SMILES string of the molecule is CC1(C)OCC(Cc2ccccc2)N1C=O. The third-order valence-electron chi connectivity index (χ3n) is 3.07. The lowest BCUT2D eigenvalue weighted by Crippen LogP contribution is -2.43.